The molecule has 15 heteroatoms. The number of benzene rings is 3. The van der Waals surface area contributed by atoms with Crippen molar-refractivity contribution >= 4 is 39.1 Å². The number of anilines is 2. The molecular formula is C29H30F3N7O4S. The fraction of sp³-hybridized carbons (Fsp3) is 0.276. The number of carbonyl (C=O) groups is 2. The molecule has 3 aromatic carbocycles. The molecule has 0 bridgehead atoms. The van der Waals surface area contributed by atoms with Gasteiger partial charge in [-0.3, -0.25) is 9.69 Å². The van der Waals surface area contributed by atoms with Gasteiger partial charge in [-0.25, -0.2) is 13.2 Å². The van der Waals surface area contributed by atoms with E-state index in [4.69, 9.17) is 11.6 Å². The lowest BCUT2D eigenvalue weighted by Gasteiger charge is -2.26. The van der Waals surface area contributed by atoms with Gasteiger partial charge in [0.15, 0.2) is 0 Å². The number of sulfone groups is 1. The zero-order chi connectivity index (χ0) is 31.9. The Balaban J connectivity index is 1.61. The van der Waals surface area contributed by atoms with E-state index in [1.165, 1.54) is 29.5 Å². The summed E-state index contributed by atoms with van der Waals surface area (Å²) in [6.45, 7) is -0.00356. The minimum absolute atomic E-state index is 0.00356. The number of guanidine groups is 1. The molecule has 44 heavy (non-hydrogen) atoms. The average molecular weight is 630 g/mol. The van der Waals surface area contributed by atoms with Crippen molar-refractivity contribution in [2.45, 2.75) is 55.0 Å². The van der Waals surface area contributed by atoms with Gasteiger partial charge in [-0.1, -0.05) is 59.9 Å². The Hall–Kier alpha value is -4.79. The molecule has 11 nitrogen and oxygen atoms in total. The van der Waals surface area contributed by atoms with E-state index in [9.17, 15) is 31.2 Å². The smallest absolute Gasteiger partial charge is 0.366 e. The van der Waals surface area contributed by atoms with Gasteiger partial charge in [0, 0.05) is 16.9 Å². The molecule has 1 saturated carbocycles. The number of nitrogens with zero attached hydrogens (tertiary/aromatic N) is 4. The second-order valence-electron chi connectivity index (χ2n) is 10.1. The lowest BCUT2D eigenvalue weighted by molar-refractivity contribution is -0.0436. The molecule has 0 spiro atoms. The number of carbonyl (C=O) groups excluding carboxylic acids is 2. The molecule has 4 rings (SSSR count). The lowest BCUT2D eigenvalue weighted by Crippen LogP contribution is -2.34. The molecule has 0 atom stereocenters. The summed E-state index contributed by atoms with van der Waals surface area (Å²) >= 11 is 0. The second-order valence-corrected chi connectivity index (χ2v) is 12.0. The van der Waals surface area contributed by atoms with Crippen LogP contribution in [-0.2, 0) is 16.4 Å². The molecule has 5 N–H and O–H groups in total. The van der Waals surface area contributed by atoms with Crippen LogP contribution >= 0.6 is 0 Å². The Morgan fingerprint density at radius 1 is 0.955 bits per heavy atom. The van der Waals surface area contributed by atoms with E-state index in [0.29, 0.717) is 17.2 Å². The van der Waals surface area contributed by atoms with Crippen molar-refractivity contribution in [2.24, 2.45) is 26.9 Å². The van der Waals surface area contributed by atoms with Crippen LogP contribution in [0, 0.1) is 0 Å². The number of rotatable bonds is 7. The van der Waals surface area contributed by atoms with Gasteiger partial charge in [0.05, 0.1) is 11.4 Å². The highest BCUT2D eigenvalue weighted by Crippen LogP contribution is 2.34. The summed E-state index contributed by atoms with van der Waals surface area (Å²) in [5, 5.41) is 8.73. The van der Waals surface area contributed by atoms with Crippen LogP contribution in [0.25, 0.3) is 0 Å². The van der Waals surface area contributed by atoms with Gasteiger partial charge < -0.3 is 16.9 Å². The molecule has 0 unspecified atom stereocenters. The molecule has 0 saturated heterocycles. The highest BCUT2D eigenvalue weighted by atomic mass is 32.2. The Labute approximate surface area is 251 Å². The van der Waals surface area contributed by atoms with Gasteiger partial charge in [-0.15, -0.1) is 0 Å². The SMILES string of the molecule is N/N=N\C(N)=NC(=O)c1ccc(CN(C(=O)Nc2cccc(S(=O)(=O)C(F)(F)F)c2)c2ccc(C3CCCCC3)cc2)cc1. The van der Waals surface area contributed by atoms with E-state index in [-0.39, 0.29) is 17.8 Å². The van der Waals surface area contributed by atoms with Crippen molar-refractivity contribution in [1.82, 2.24) is 0 Å². The first-order valence-electron chi connectivity index (χ1n) is 13.6. The van der Waals surface area contributed by atoms with Gasteiger partial charge in [0.2, 0.25) is 5.96 Å². The molecule has 232 valence electrons. The van der Waals surface area contributed by atoms with Crippen LogP contribution < -0.4 is 21.8 Å². The summed E-state index contributed by atoms with van der Waals surface area (Å²) in [4.78, 5) is 29.8. The number of hydrogen-bond donors (Lipinski definition) is 3. The van der Waals surface area contributed by atoms with Crippen molar-refractivity contribution in [1.29, 1.82) is 0 Å². The first kappa shape index (κ1) is 32.1. The maximum atomic E-state index is 13.5. The lowest BCUT2D eigenvalue weighted by atomic mass is 9.84. The molecule has 1 fully saturated rings. The van der Waals surface area contributed by atoms with Crippen LogP contribution in [0.2, 0.25) is 0 Å². The van der Waals surface area contributed by atoms with Crippen molar-refractivity contribution in [2.75, 3.05) is 10.2 Å². The quantitative estimate of drug-likeness (QED) is 0.0944. The molecule has 1 aliphatic rings. The number of amides is 3. The minimum Gasteiger partial charge on any atom is -0.366 e. The molecule has 3 amide bonds. The van der Waals surface area contributed by atoms with Crippen LogP contribution in [-0.4, -0.2) is 31.8 Å². The van der Waals surface area contributed by atoms with Gasteiger partial charge in [-0.05, 0) is 72.4 Å². The van der Waals surface area contributed by atoms with E-state index >= 15 is 0 Å². The van der Waals surface area contributed by atoms with Crippen molar-refractivity contribution in [3.8, 4) is 0 Å². The third-order valence-corrected chi connectivity index (χ3v) is 8.63. The predicted octanol–water partition coefficient (Wildman–Crippen LogP) is 6.05. The number of halogens is 3. The second kappa shape index (κ2) is 13.7. The van der Waals surface area contributed by atoms with Gasteiger partial charge in [0.25, 0.3) is 15.7 Å². The number of aliphatic imine (C=N–C) groups is 1. The van der Waals surface area contributed by atoms with Crippen molar-refractivity contribution in [3.05, 3.63) is 89.5 Å². The maximum Gasteiger partial charge on any atom is 0.501 e. The standard InChI is InChI=1S/C29H30F3N7O4S/c30-29(31,32)44(42,43)25-8-4-7-23(17-25)35-28(41)39(24-15-13-21(14-16-24)20-5-2-1-3-6-20)18-19-9-11-22(12-10-19)26(40)36-27(33)37-38-34/h4,7-17,20H,1-3,5-6,18H2,(H,35,41)(H4,33,34,36,37,40). The van der Waals surface area contributed by atoms with Crippen LogP contribution in [0.1, 0.15) is 59.5 Å². The summed E-state index contributed by atoms with van der Waals surface area (Å²) in [7, 11) is -5.62. The summed E-state index contributed by atoms with van der Waals surface area (Å²) in [6.07, 6.45) is 5.67. The summed E-state index contributed by atoms with van der Waals surface area (Å²) in [6, 6.07) is 16.8. The number of urea groups is 1. The molecule has 3 aromatic rings. The van der Waals surface area contributed by atoms with E-state index < -0.39 is 38.1 Å². The van der Waals surface area contributed by atoms with Crippen LogP contribution in [0.15, 0.2) is 93.0 Å². The normalized spacial score (nSPS) is 14.8. The zero-order valence-corrected chi connectivity index (χ0v) is 24.2. The highest BCUT2D eigenvalue weighted by Gasteiger charge is 2.47. The van der Waals surface area contributed by atoms with Crippen LogP contribution in [0.4, 0.5) is 29.3 Å². The van der Waals surface area contributed by atoms with Gasteiger partial charge in [-0.2, -0.15) is 18.2 Å². The molecule has 0 aromatic heterocycles. The summed E-state index contributed by atoms with van der Waals surface area (Å²) in [5.74, 6) is 4.21. The zero-order valence-electron chi connectivity index (χ0n) is 23.4. The Morgan fingerprint density at radius 3 is 2.23 bits per heavy atom. The largest absolute Gasteiger partial charge is 0.501 e. The summed E-state index contributed by atoms with van der Waals surface area (Å²) in [5.41, 5.74) is 2.22. The fourth-order valence-corrected chi connectivity index (χ4v) is 5.70. The summed E-state index contributed by atoms with van der Waals surface area (Å²) < 4.78 is 63.2. The first-order chi connectivity index (χ1) is 20.9. The molecule has 0 radical (unpaired) electrons. The van der Waals surface area contributed by atoms with E-state index in [2.05, 4.69) is 20.6 Å². The fourth-order valence-electron chi connectivity index (χ4n) is 4.89. The van der Waals surface area contributed by atoms with Crippen molar-refractivity contribution in [3.63, 3.8) is 0 Å². The molecular weight excluding hydrogens is 599 g/mol. The number of nitrogens with one attached hydrogen (secondary N) is 1. The number of nitrogens with two attached hydrogens (primary N) is 2. The minimum atomic E-state index is -5.62. The van der Waals surface area contributed by atoms with Gasteiger partial charge >= 0.3 is 11.5 Å². The molecule has 1 aliphatic carbocycles. The Bertz CT molecular complexity index is 1650. The van der Waals surface area contributed by atoms with E-state index in [1.807, 2.05) is 12.1 Å². The highest BCUT2D eigenvalue weighted by molar-refractivity contribution is 7.92. The topological polar surface area (TPSA) is 173 Å². The van der Waals surface area contributed by atoms with E-state index in [0.717, 1.165) is 49.4 Å². The number of alkyl halides is 3. The Kier molecular flexibility index (Phi) is 9.98. The van der Waals surface area contributed by atoms with Crippen LogP contribution in [0.3, 0.4) is 0 Å². The Morgan fingerprint density at radius 2 is 1.61 bits per heavy atom. The maximum absolute atomic E-state index is 13.5. The van der Waals surface area contributed by atoms with Crippen LogP contribution in [0.5, 0.6) is 0 Å². The van der Waals surface area contributed by atoms with Crippen molar-refractivity contribution < 1.29 is 31.2 Å². The third-order valence-electron chi connectivity index (χ3n) is 7.14. The predicted molar refractivity (Wildman–Crippen MR) is 159 cm³/mol. The molecule has 0 heterocycles. The number of hydrogen-bond acceptors (Lipinski definition) is 5. The first-order valence-corrected chi connectivity index (χ1v) is 15.1. The molecule has 0 aliphatic heterocycles. The monoisotopic (exact) mass is 629 g/mol. The van der Waals surface area contributed by atoms with E-state index in [1.54, 1.807) is 24.3 Å². The third kappa shape index (κ3) is 7.78. The van der Waals surface area contributed by atoms with Gasteiger partial charge in [0.1, 0.15) is 0 Å². The average Bonchev–Trinajstić information content (AvgIpc) is 3.00.